The van der Waals surface area contributed by atoms with Gasteiger partial charge in [0.25, 0.3) is 5.91 Å². The van der Waals surface area contributed by atoms with E-state index in [1.54, 1.807) is 12.1 Å². The second-order valence-corrected chi connectivity index (χ2v) is 3.56. The summed E-state index contributed by atoms with van der Waals surface area (Å²) in [6, 6.07) is 5.34. The Hall–Kier alpha value is -1.84. The summed E-state index contributed by atoms with van der Waals surface area (Å²) >= 11 is 0. The van der Waals surface area contributed by atoms with E-state index < -0.39 is 0 Å². The smallest absolute Gasteiger partial charge is 0.251 e. The first kappa shape index (κ1) is 9.71. The molecule has 15 heavy (non-hydrogen) atoms. The molecule has 0 aliphatic carbocycles. The number of hydrogen-bond donors (Lipinski definition) is 2. The molecule has 1 aliphatic heterocycles. The summed E-state index contributed by atoms with van der Waals surface area (Å²) in [5.74, 6) is -0.138. The summed E-state index contributed by atoms with van der Waals surface area (Å²) < 4.78 is 0. The van der Waals surface area contributed by atoms with E-state index >= 15 is 0 Å². The summed E-state index contributed by atoms with van der Waals surface area (Å²) in [6.45, 7) is 2.13. The highest BCUT2D eigenvalue weighted by molar-refractivity contribution is 5.98. The zero-order valence-electron chi connectivity index (χ0n) is 8.46. The molecule has 0 spiro atoms. The molecule has 0 fully saturated rings. The number of rotatable bonds is 1. The van der Waals surface area contributed by atoms with Crippen molar-refractivity contribution >= 4 is 17.5 Å². The second kappa shape index (κ2) is 3.73. The molecule has 2 N–H and O–H groups in total. The van der Waals surface area contributed by atoms with Gasteiger partial charge in [-0.05, 0) is 30.2 Å². The van der Waals surface area contributed by atoms with Gasteiger partial charge in [-0.2, -0.15) is 0 Å². The Bertz CT molecular complexity index is 427. The number of amides is 2. The van der Waals surface area contributed by atoms with E-state index in [4.69, 9.17) is 0 Å². The fraction of sp³-hybridized carbons (Fsp3) is 0.273. The molecule has 2 amide bonds. The molecule has 1 aromatic carbocycles. The zero-order chi connectivity index (χ0) is 10.8. The van der Waals surface area contributed by atoms with Crippen LogP contribution in [0.4, 0.5) is 5.69 Å². The number of fused-ring (bicyclic) bond motifs is 1. The van der Waals surface area contributed by atoms with Crippen LogP contribution in [0.25, 0.3) is 0 Å². The predicted octanol–water partition coefficient (Wildman–Crippen LogP) is 0.931. The Morgan fingerprint density at radius 3 is 3.00 bits per heavy atom. The van der Waals surface area contributed by atoms with Crippen molar-refractivity contribution in [2.75, 3.05) is 11.9 Å². The number of anilines is 1. The molecule has 0 aromatic heterocycles. The van der Waals surface area contributed by atoms with E-state index in [2.05, 4.69) is 10.6 Å². The molecule has 2 rings (SSSR count). The van der Waals surface area contributed by atoms with Gasteiger partial charge in [0.05, 0.1) is 0 Å². The topological polar surface area (TPSA) is 58.2 Å². The molecule has 1 aliphatic rings. The molecule has 0 bridgehead atoms. The molecule has 0 saturated carbocycles. The minimum Gasteiger partial charge on any atom is -0.352 e. The van der Waals surface area contributed by atoms with Gasteiger partial charge in [0.15, 0.2) is 0 Å². The molecular formula is C11H12N2O2. The second-order valence-electron chi connectivity index (χ2n) is 3.56. The zero-order valence-corrected chi connectivity index (χ0v) is 8.46. The lowest BCUT2D eigenvalue weighted by Crippen LogP contribution is -2.31. The third-order valence-electron chi connectivity index (χ3n) is 2.35. The van der Waals surface area contributed by atoms with E-state index in [9.17, 15) is 9.59 Å². The lowest BCUT2D eigenvalue weighted by atomic mass is 10.00. The molecule has 0 atom stereocenters. The maximum atomic E-state index is 11.4. The number of carbonyl (C=O) groups excluding carboxylic acids is 2. The lowest BCUT2D eigenvalue weighted by Gasteiger charge is -2.17. The highest BCUT2D eigenvalue weighted by Crippen LogP contribution is 2.18. The molecule has 0 unspecified atom stereocenters. The van der Waals surface area contributed by atoms with E-state index in [0.717, 1.165) is 17.7 Å². The van der Waals surface area contributed by atoms with Crippen LogP contribution in [0.3, 0.4) is 0 Å². The Kier molecular flexibility index (Phi) is 2.41. The highest BCUT2D eigenvalue weighted by Gasteiger charge is 2.16. The van der Waals surface area contributed by atoms with Crippen LogP contribution in [0, 0.1) is 0 Å². The van der Waals surface area contributed by atoms with Crippen LogP contribution in [-0.2, 0) is 11.2 Å². The van der Waals surface area contributed by atoms with Crippen LogP contribution in [0.5, 0.6) is 0 Å². The first-order valence-electron chi connectivity index (χ1n) is 4.85. The Morgan fingerprint density at radius 2 is 2.27 bits per heavy atom. The predicted molar refractivity (Wildman–Crippen MR) is 56.8 cm³/mol. The first-order chi connectivity index (χ1) is 7.16. The molecule has 1 heterocycles. The van der Waals surface area contributed by atoms with Gasteiger partial charge in [0, 0.05) is 24.7 Å². The van der Waals surface area contributed by atoms with Gasteiger partial charge >= 0.3 is 0 Å². The van der Waals surface area contributed by atoms with Gasteiger partial charge in [-0.25, -0.2) is 0 Å². The van der Waals surface area contributed by atoms with Crippen molar-refractivity contribution in [2.24, 2.45) is 0 Å². The third-order valence-corrected chi connectivity index (χ3v) is 2.35. The molecule has 1 aromatic rings. The Morgan fingerprint density at radius 1 is 1.47 bits per heavy atom. The average Bonchev–Trinajstić information content (AvgIpc) is 2.17. The third kappa shape index (κ3) is 1.98. The average molecular weight is 204 g/mol. The lowest BCUT2D eigenvalue weighted by molar-refractivity contribution is -0.114. The van der Waals surface area contributed by atoms with E-state index in [0.29, 0.717) is 12.1 Å². The van der Waals surface area contributed by atoms with Gasteiger partial charge in [-0.15, -0.1) is 0 Å². The van der Waals surface area contributed by atoms with Crippen LogP contribution in [0.1, 0.15) is 22.8 Å². The van der Waals surface area contributed by atoms with E-state index in [1.165, 1.54) is 6.92 Å². The van der Waals surface area contributed by atoms with Crippen molar-refractivity contribution < 1.29 is 9.59 Å². The SMILES string of the molecule is CC(=O)Nc1ccc2c(c1)CCNC2=O. The van der Waals surface area contributed by atoms with Gasteiger partial charge in [-0.1, -0.05) is 0 Å². The summed E-state index contributed by atoms with van der Waals surface area (Å²) in [5.41, 5.74) is 2.44. The van der Waals surface area contributed by atoms with Crippen LogP contribution in [-0.4, -0.2) is 18.4 Å². The van der Waals surface area contributed by atoms with Gasteiger partial charge in [0.2, 0.25) is 5.91 Å². The number of benzene rings is 1. The maximum Gasteiger partial charge on any atom is 0.251 e. The standard InChI is InChI=1S/C11H12N2O2/c1-7(14)13-9-2-3-10-8(6-9)4-5-12-11(10)15/h2-3,6H,4-5H2,1H3,(H,12,15)(H,13,14). The van der Waals surface area contributed by atoms with Crippen molar-refractivity contribution in [2.45, 2.75) is 13.3 Å². The van der Waals surface area contributed by atoms with Crippen molar-refractivity contribution in [1.82, 2.24) is 5.32 Å². The van der Waals surface area contributed by atoms with Crippen LogP contribution < -0.4 is 10.6 Å². The maximum absolute atomic E-state index is 11.4. The quantitative estimate of drug-likeness (QED) is 0.715. The van der Waals surface area contributed by atoms with E-state index in [1.807, 2.05) is 6.07 Å². The Labute approximate surface area is 87.7 Å². The number of hydrogen-bond acceptors (Lipinski definition) is 2. The number of carbonyl (C=O) groups is 2. The summed E-state index contributed by atoms with van der Waals surface area (Å²) in [5, 5.41) is 5.47. The fourth-order valence-corrected chi connectivity index (χ4v) is 1.71. The van der Waals surface area contributed by atoms with Crippen molar-refractivity contribution in [3.05, 3.63) is 29.3 Å². The molecule has 4 nitrogen and oxygen atoms in total. The highest BCUT2D eigenvalue weighted by atomic mass is 16.2. The molecular weight excluding hydrogens is 192 g/mol. The summed E-state index contributed by atoms with van der Waals surface area (Å²) in [7, 11) is 0. The fourth-order valence-electron chi connectivity index (χ4n) is 1.71. The Balaban J connectivity index is 2.33. The van der Waals surface area contributed by atoms with Crippen molar-refractivity contribution in [3.8, 4) is 0 Å². The molecule has 0 saturated heterocycles. The first-order valence-corrected chi connectivity index (χ1v) is 4.85. The van der Waals surface area contributed by atoms with Gasteiger partial charge < -0.3 is 10.6 Å². The largest absolute Gasteiger partial charge is 0.352 e. The van der Waals surface area contributed by atoms with Crippen LogP contribution >= 0.6 is 0 Å². The molecule has 4 heteroatoms. The van der Waals surface area contributed by atoms with E-state index in [-0.39, 0.29) is 11.8 Å². The summed E-state index contributed by atoms with van der Waals surface area (Å²) in [6.07, 6.45) is 0.814. The molecule has 0 radical (unpaired) electrons. The van der Waals surface area contributed by atoms with Crippen molar-refractivity contribution in [3.63, 3.8) is 0 Å². The summed E-state index contributed by atoms with van der Waals surface area (Å²) in [4.78, 5) is 22.3. The van der Waals surface area contributed by atoms with Crippen LogP contribution in [0.15, 0.2) is 18.2 Å². The van der Waals surface area contributed by atoms with Gasteiger partial charge in [0.1, 0.15) is 0 Å². The normalized spacial score (nSPS) is 14.1. The minimum absolute atomic E-state index is 0.0365. The number of nitrogens with one attached hydrogen (secondary N) is 2. The molecule has 78 valence electrons. The minimum atomic E-state index is -0.102. The van der Waals surface area contributed by atoms with Crippen LogP contribution in [0.2, 0.25) is 0 Å². The van der Waals surface area contributed by atoms with Gasteiger partial charge in [-0.3, -0.25) is 9.59 Å². The monoisotopic (exact) mass is 204 g/mol. The van der Waals surface area contributed by atoms with Crippen molar-refractivity contribution in [1.29, 1.82) is 0 Å².